The number of anilines is 1. The van der Waals surface area contributed by atoms with Gasteiger partial charge in [-0.25, -0.2) is 4.79 Å². The minimum absolute atomic E-state index is 0.205. The Labute approximate surface area is 150 Å². The summed E-state index contributed by atoms with van der Waals surface area (Å²) in [5.74, 6) is 1.29. The van der Waals surface area contributed by atoms with Crippen molar-refractivity contribution < 1.29 is 14.3 Å². The summed E-state index contributed by atoms with van der Waals surface area (Å²) in [5, 5.41) is 0. The Morgan fingerprint density at radius 1 is 1.28 bits per heavy atom. The molecule has 0 radical (unpaired) electrons. The highest BCUT2D eigenvalue weighted by Gasteiger charge is 2.36. The van der Waals surface area contributed by atoms with Crippen molar-refractivity contribution in [2.24, 2.45) is 0 Å². The van der Waals surface area contributed by atoms with Crippen LogP contribution < -0.4 is 10.5 Å². The minimum Gasteiger partial charge on any atom is -0.485 e. The molecule has 0 spiro atoms. The van der Waals surface area contributed by atoms with E-state index in [1.54, 1.807) is 0 Å². The molecule has 5 nitrogen and oxygen atoms in total. The highest BCUT2D eigenvalue weighted by molar-refractivity contribution is 5.68. The SMILES string of the molecule is CC(C)(C)OC(=O)N1CCC(c2ccc(N)c3c2CC(C)(C)O3)CC1. The largest absolute Gasteiger partial charge is 0.485 e. The van der Waals surface area contributed by atoms with Gasteiger partial charge in [-0.05, 0) is 65.0 Å². The number of carbonyl (C=O) groups excluding carboxylic acids is 1. The number of amides is 1. The molecule has 25 heavy (non-hydrogen) atoms. The van der Waals surface area contributed by atoms with E-state index in [0.29, 0.717) is 5.92 Å². The Kier molecular flexibility index (Phi) is 4.38. The number of nitrogens with zero attached hydrogens (tertiary/aromatic N) is 1. The summed E-state index contributed by atoms with van der Waals surface area (Å²) >= 11 is 0. The fraction of sp³-hybridized carbons (Fsp3) is 0.650. The zero-order valence-electron chi connectivity index (χ0n) is 16.0. The first-order valence-corrected chi connectivity index (χ1v) is 9.14. The number of likely N-dealkylation sites (tertiary alicyclic amines) is 1. The Balaban J connectivity index is 1.71. The molecule has 3 rings (SSSR count). The van der Waals surface area contributed by atoms with Crippen molar-refractivity contribution in [3.05, 3.63) is 23.3 Å². The van der Waals surface area contributed by atoms with E-state index in [-0.39, 0.29) is 11.7 Å². The van der Waals surface area contributed by atoms with Gasteiger partial charge in [-0.2, -0.15) is 0 Å². The summed E-state index contributed by atoms with van der Waals surface area (Å²) in [4.78, 5) is 14.1. The summed E-state index contributed by atoms with van der Waals surface area (Å²) in [7, 11) is 0. The second kappa shape index (κ2) is 6.11. The molecule has 0 unspecified atom stereocenters. The third kappa shape index (κ3) is 3.86. The number of rotatable bonds is 1. The number of hydrogen-bond donors (Lipinski definition) is 1. The molecule has 0 atom stereocenters. The average Bonchev–Trinajstić information content (AvgIpc) is 2.82. The van der Waals surface area contributed by atoms with Crippen LogP contribution in [-0.2, 0) is 11.2 Å². The fourth-order valence-electron chi connectivity index (χ4n) is 3.78. The Bertz CT molecular complexity index is 668. The minimum atomic E-state index is -0.450. The Hall–Kier alpha value is -1.91. The molecular formula is C20H30N2O3. The molecule has 1 fully saturated rings. The number of fused-ring (bicyclic) bond motifs is 1. The second-order valence-electron chi connectivity index (χ2n) is 8.83. The molecule has 2 N–H and O–H groups in total. The highest BCUT2D eigenvalue weighted by atomic mass is 16.6. The third-order valence-corrected chi connectivity index (χ3v) is 4.89. The van der Waals surface area contributed by atoms with E-state index in [2.05, 4.69) is 19.9 Å². The van der Waals surface area contributed by atoms with Crippen LogP contribution in [0.3, 0.4) is 0 Å². The lowest BCUT2D eigenvalue weighted by molar-refractivity contribution is 0.0204. The van der Waals surface area contributed by atoms with E-state index in [9.17, 15) is 4.79 Å². The molecule has 0 bridgehead atoms. The standard InChI is InChI=1S/C20H30N2O3/c1-19(2,3)25-18(23)22-10-8-13(9-11-22)14-6-7-16(21)17-15(14)12-20(4,5)24-17/h6-7,13H,8-12,21H2,1-5H3. The zero-order chi connectivity index (χ0) is 18.4. The lowest BCUT2D eigenvalue weighted by Crippen LogP contribution is -2.41. The van der Waals surface area contributed by atoms with E-state index < -0.39 is 5.60 Å². The van der Waals surface area contributed by atoms with Crippen molar-refractivity contribution in [3.8, 4) is 5.75 Å². The van der Waals surface area contributed by atoms with Gasteiger partial charge in [-0.3, -0.25) is 0 Å². The number of ether oxygens (including phenoxy) is 2. The second-order valence-corrected chi connectivity index (χ2v) is 8.83. The lowest BCUT2D eigenvalue weighted by Gasteiger charge is -2.34. The predicted octanol–water partition coefficient (Wildman–Crippen LogP) is 4.10. The first-order chi connectivity index (χ1) is 11.6. The molecule has 2 heterocycles. The summed E-state index contributed by atoms with van der Waals surface area (Å²) in [6.45, 7) is 11.3. The number of benzene rings is 1. The van der Waals surface area contributed by atoms with Crippen LogP contribution in [0.1, 0.15) is 64.5 Å². The molecule has 5 heteroatoms. The van der Waals surface area contributed by atoms with Crippen LogP contribution in [0.25, 0.3) is 0 Å². The monoisotopic (exact) mass is 346 g/mol. The first-order valence-electron chi connectivity index (χ1n) is 9.14. The van der Waals surface area contributed by atoms with Gasteiger partial charge >= 0.3 is 6.09 Å². The van der Waals surface area contributed by atoms with Gasteiger partial charge in [0.2, 0.25) is 0 Å². The number of piperidine rings is 1. The lowest BCUT2D eigenvalue weighted by atomic mass is 9.84. The van der Waals surface area contributed by atoms with Crippen molar-refractivity contribution in [1.82, 2.24) is 4.90 Å². The van der Waals surface area contributed by atoms with Crippen molar-refractivity contribution >= 4 is 11.8 Å². The molecule has 1 aromatic rings. The van der Waals surface area contributed by atoms with E-state index in [1.807, 2.05) is 31.7 Å². The molecule has 2 aliphatic heterocycles. The van der Waals surface area contributed by atoms with Gasteiger partial charge in [0.05, 0.1) is 5.69 Å². The van der Waals surface area contributed by atoms with Gasteiger partial charge in [0.15, 0.2) is 0 Å². The van der Waals surface area contributed by atoms with Crippen molar-refractivity contribution in [2.75, 3.05) is 18.8 Å². The molecule has 0 saturated carbocycles. The van der Waals surface area contributed by atoms with E-state index >= 15 is 0 Å². The van der Waals surface area contributed by atoms with Crippen LogP contribution in [-0.4, -0.2) is 35.3 Å². The fourth-order valence-corrected chi connectivity index (χ4v) is 3.78. The van der Waals surface area contributed by atoms with Gasteiger partial charge in [0.25, 0.3) is 0 Å². The van der Waals surface area contributed by atoms with Crippen LogP contribution in [0.5, 0.6) is 5.75 Å². The third-order valence-electron chi connectivity index (χ3n) is 4.89. The molecule has 0 aliphatic carbocycles. The zero-order valence-corrected chi connectivity index (χ0v) is 16.0. The topological polar surface area (TPSA) is 64.8 Å². The quantitative estimate of drug-likeness (QED) is 0.778. The van der Waals surface area contributed by atoms with Crippen molar-refractivity contribution in [2.45, 2.75) is 71.0 Å². The van der Waals surface area contributed by atoms with Crippen LogP contribution >= 0.6 is 0 Å². The Morgan fingerprint density at radius 3 is 2.52 bits per heavy atom. The van der Waals surface area contributed by atoms with Gasteiger partial charge in [-0.1, -0.05) is 6.07 Å². The van der Waals surface area contributed by atoms with E-state index in [1.165, 1.54) is 11.1 Å². The van der Waals surface area contributed by atoms with E-state index in [4.69, 9.17) is 15.2 Å². The number of nitrogen functional groups attached to an aromatic ring is 1. The highest BCUT2D eigenvalue weighted by Crippen LogP contribution is 2.45. The smallest absolute Gasteiger partial charge is 0.410 e. The number of hydrogen-bond acceptors (Lipinski definition) is 4. The van der Waals surface area contributed by atoms with Crippen molar-refractivity contribution in [1.29, 1.82) is 0 Å². The molecule has 0 aromatic heterocycles. The molecule has 1 aromatic carbocycles. The van der Waals surface area contributed by atoms with E-state index in [0.717, 1.165) is 43.8 Å². The van der Waals surface area contributed by atoms with Gasteiger partial charge in [-0.15, -0.1) is 0 Å². The predicted molar refractivity (Wildman–Crippen MR) is 99.0 cm³/mol. The van der Waals surface area contributed by atoms with Crippen LogP contribution in [0, 0.1) is 0 Å². The van der Waals surface area contributed by atoms with Gasteiger partial charge in [0, 0.05) is 25.1 Å². The maximum absolute atomic E-state index is 12.2. The van der Waals surface area contributed by atoms with Gasteiger partial charge in [0.1, 0.15) is 17.0 Å². The summed E-state index contributed by atoms with van der Waals surface area (Å²) in [6, 6.07) is 4.10. The molecule has 138 valence electrons. The Morgan fingerprint density at radius 2 is 1.92 bits per heavy atom. The van der Waals surface area contributed by atoms with Crippen LogP contribution in [0.15, 0.2) is 12.1 Å². The number of carbonyl (C=O) groups is 1. The molecule has 1 amide bonds. The summed E-state index contributed by atoms with van der Waals surface area (Å²) in [6.07, 6.45) is 2.55. The maximum atomic E-state index is 12.2. The first kappa shape index (κ1) is 17.9. The molecule has 1 saturated heterocycles. The normalized spacial score (nSPS) is 20.1. The molecule has 2 aliphatic rings. The number of nitrogens with two attached hydrogens (primary N) is 1. The van der Waals surface area contributed by atoms with Crippen LogP contribution in [0.4, 0.5) is 10.5 Å². The van der Waals surface area contributed by atoms with Gasteiger partial charge < -0.3 is 20.1 Å². The summed E-state index contributed by atoms with van der Waals surface area (Å²) in [5.41, 5.74) is 8.76. The summed E-state index contributed by atoms with van der Waals surface area (Å²) < 4.78 is 11.5. The maximum Gasteiger partial charge on any atom is 0.410 e. The van der Waals surface area contributed by atoms with Crippen LogP contribution in [0.2, 0.25) is 0 Å². The van der Waals surface area contributed by atoms with Crippen molar-refractivity contribution in [3.63, 3.8) is 0 Å². The molecular weight excluding hydrogens is 316 g/mol. The average molecular weight is 346 g/mol.